The van der Waals surface area contributed by atoms with Crippen molar-refractivity contribution in [2.45, 2.75) is 0 Å². The van der Waals surface area contributed by atoms with Crippen LogP contribution in [0.15, 0.2) is 84.9 Å². The Balaban J connectivity index is 0.000000188. The van der Waals surface area contributed by atoms with E-state index in [2.05, 4.69) is 58.0 Å². The molecule has 0 aliphatic rings. The van der Waals surface area contributed by atoms with E-state index >= 15 is 0 Å². The first kappa shape index (κ1) is 18.7. The molecule has 140 valence electrons. The van der Waals surface area contributed by atoms with E-state index in [9.17, 15) is 9.59 Å². The molecule has 4 aromatic rings. The van der Waals surface area contributed by atoms with Gasteiger partial charge in [0, 0.05) is 0 Å². The third kappa shape index (κ3) is 4.98. The van der Waals surface area contributed by atoms with E-state index in [1.807, 2.05) is 0 Å². The lowest BCUT2D eigenvalue weighted by molar-refractivity contribution is 0.143. The van der Waals surface area contributed by atoms with Crippen LogP contribution in [0.2, 0.25) is 0 Å². The van der Waals surface area contributed by atoms with Gasteiger partial charge in [0.15, 0.2) is 0 Å². The predicted molar refractivity (Wildman–Crippen MR) is 105 cm³/mol. The van der Waals surface area contributed by atoms with Gasteiger partial charge in [0.05, 0.1) is 0 Å². The molecule has 6 nitrogen and oxygen atoms in total. The minimum absolute atomic E-state index is 0.196. The Morgan fingerprint density at radius 3 is 1.21 bits per heavy atom. The fourth-order valence-corrected chi connectivity index (χ4v) is 2.66. The largest absolute Gasteiger partial charge is 0.511 e. The van der Waals surface area contributed by atoms with Gasteiger partial charge in [0.25, 0.3) is 0 Å². The SMILES string of the molecule is O=C(O)Oc1ccc2cc(OC(=O)O)ccc2c1.c1ccc2ccccc2c1. The summed E-state index contributed by atoms with van der Waals surface area (Å²) < 4.78 is 9.02. The lowest BCUT2D eigenvalue weighted by Crippen LogP contribution is -2.03. The van der Waals surface area contributed by atoms with Crippen molar-refractivity contribution in [1.82, 2.24) is 0 Å². The van der Waals surface area contributed by atoms with Crippen molar-refractivity contribution >= 4 is 33.9 Å². The summed E-state index contributed by atoms with van der Waals surface area (Å²) in [6, 6.07) is 26.0. The minimum atomic E-state index is -1.39. The van der Waals surface area contributed by atoms with Gasteiger partial charge in [0.1, 0.15) is 11.5 Å². The van der Waals surface area contributed by atoms with Crippen LogP contribution in [0.4, 0.5) is 9.59 Å². The Kier molecular flexibility index (Phi) is 5.72. The number of hydrogen-bond acceptors (Lipinski definition) is 4. The van der Waals surface area contributed by atoms with Crippen LogP contribution in [0.25, 0.3) is 21.5 Å². The molecule has 0 aliphatic heterocycles. The average molecular weight is 376 g/mol. The number of carbonyl (C=O) groups is 2. The highest BCUT2D eigenvalue weighted by Crippen LogP contribution is 2.25. The van der Waals surface area contributed by atoms with Crippen molar-refractivity contribution in [3.05, 3.63) is 84.9 Å². The van der Waals surface area contributed by atoms with Crippen LogP contribution in [0.3, 0.4) is 0 Å². The summed E-state index contributed by atoms with van der Waals surface area (Å²) in [7, 11) is 0. The zero-order chi connectivity index (χ0) is 19.9. The van der Waals surface area contributed by atoms with Crippen molar-refractivity contribution in [2.75, 3.05) is 0 Å². The van der Waals surface area contributed by atoms with Crippen molar-refractivity contribution in [3.8, 4) is 11.5 Å². The van der Waals surface area contributed by atoms with Crippen LogP contribution < -0.4 is 9.47 Å². The van der Waals surface area contributed by atoms with Crippen LogP contribution in [-0.2, 0) is 0 Å². The maximum absolute atomic E-state index is 10.4. The van der Waals surface area contributed by atoms with Crippen LogP contribution in [-0.4, -0.2) is 22.5 Å². The molecule has 0 radical (unpaired) electrons. The van der Waals surface area contributed by atoms with Gasteiger partial charge in [-0.15, -0.1) is 0 Å². The van der Waals surface area contributed by atoms with Gasteiger partial charge in [0.2, 0.25) is 0 Å². The Labute approximate surface area is 160 Å². The van der Waals surface area contributed by atoms with Gasteiger partial charge in [-0.05, 0) is 45.8 Å². The van der Waals surface area contributed by atoms with Gasteiger partial charge in [-0.25, -0.2) is 9.59 Å². The predicted octanol–water partition coefficient (Wildman–Crippen LogP) is 5.79. The quantitative estimate of drug-likeness (QED) is 0.340. The van der Waals surface area contributed by atoms with Gasteiger partial charge in [-0.3, -0.25) is 0 Å². The van der Waals surface area contributed by atoms with Crippen molar-refractivity contribution in [2.24, 2.45) is 0 Å². The molecular formula is C22H16O6. The van der Waals surface area contributed by atoms with Gasteiger partial charge in [-0.1, -0.05) is 60.7 Å². The van der Waals surface area contributed by atoms with Crippen LogP contribution in [0.1, 0.15) is 0 Å². The summed E-state index contributed by atoms with van der Waals surface area (Å²) in [5.74, 6) is 0.392. The molecule has 0 heterocycles. The molecule has 28 heavy (non-hydrogen) atoms. The first-order valence-electron chi connectivity index (χ1n) is 8.30. The topological polar surface area (TPSA) is 93.1 Å². The van der Waals surface area contributed by atoms with E-state index in [1.165, 1.54) is 35.0 Å². The van der Waals surface area contributed by atoms with Gasteiger partial charge >= 0.3 is 12.3 Å². The Morgan fingerprint density at radius 1 is 0.536 bits per heavy atom. The minimum Gasteiger partial charge on any atom is -0.449 e. The summed E-state index contributed by atoms with van der Waals surface area (Å²) in [5.41, 5.74) is 0. The molecule has 0 aliphatic carbocycles. The molecule has 6 heteroatoms. The van der Waals surface area contributed by atoms with E-state index in [4.69, 9.17) is 10.2 Å². The average Bonchev–Trinajstić information content (AvgIpc) is 2.68. The molecule has 4 rings (SSSR count). The van der Waals surface area contributed by atoms with E-state index in [0.29, 0.717) is 10.8 Å². The zero-order valence-electron chi connectivity index (χ0n) is 14.6. The number of benzene rings is 4. The summed E-state index contributed by atoms with van der Waals surface area (Å²) in [6.07, 6.45) is -2.78. The van der Waals surface area contributed by atoms with Crippen LogP contribution >= 0.6 is 0 Å². The second-order valence-electron chi connectivity index (χ2n) is 5.75. The zero-order valence-corrected chi connectivity index (χ0v) is 14.6. The van der Waals surface area contributed by atoms with Gasteiger partial charge < -0.3 is 19.7 Å². The highest BCUT2D eigenvalue weighted by molar-refractivity contribution is 5.86. The number of carboxylic acid groups (broad SMARTS) is 2. The Hall–Kier alpha value is -4.06. The molecule has 4 aromatic carbocycles. The third-order valence-corrected chi connectivity index (χ3v) is 3.85. The highest BCUT2D eigenvalue weighted by atomic mass is 16.7. The van der Waals surface area contributed by atoms with E-state index in [1.54, 1.807) is 12.1 Å². The molecule has 0 bridgehead atoms. The first-order valence-corrected chi connectivity index (χ1v) is 8.30. The Bertz CT molecular complexity index is 1020. The Morgan fingerprint density at radius 2 is 0.893 bits per heavy atom. The van der Waals surface area contributed by atoms with Crippen molar-refractivity contribution in [1.29, 1.82) is 0 Å². The fraction of sp³-hybridized carbons (Fsp3) is 0. The molecule has 0 aromatic heterocycles. The molecular weight excluding hydrogens is 360 g/mol. The second-order valence-corrected chi connectivity index (χ2v) is 5.75. The van der Waals surface area contributed by atoms with Crippen molar-refractivity contribution < 1.29 is 29.3 Å². The summed E-state index contributed by atoms with van der Waals surface area (Å²) in [6.45, 7) is 0. The second kappa shape index (κ2) is 8.55. The molecule has 2 N–H and O–H groups in total. The van der Waals surface area contributed by atoms with Gasteiger partial charge in [-0.2, -0.15) is 0 Å². The van der Waals surface area contributed by atoms with E-state index in [-0.39, 0.29) is 11.5 Å². The van der Waals surface area contributed by atoms with E-state index < -0.39 is 12.3 Å². The number of hydrogen-bond donors (Lipinski definition) is 2. The lowest BCUT2D eigenvalue weighted by atomic mass is 10.1. The summed E-state index contributed by atoms with van der Waals surface area (Å²) in [5, 5.41) is 21.0. The molecule has 0 fully saturated rings. The molecule has 0 amide bonds. The summed E-state index contributed by atoms with van der Waals surface area (Å²) >= 11 is 0. The molecule has 0 saturated heterocycles. The molecule has 0 saturated carbocycles. The number of ether oxygens (including phenoxy) is 2. The maximum atomic E-state index is 10.4. The molecule has 0 atom stereocenters. The fourth-order valence-electron chi connectivity index (χ4n) is 2.66. The molecule has 0 unspecified atom stereocenters. The third-order valence-electron chi connectivity index (χ3n) is 3.85. The van der Waals surface area contributed by atoms with Crippen LogP contribution in [0.5, 0.6) is 11.5 Å². The molecule has 0 spiro atoms. The summed E-state index contributed by atoms with van der Waals surface area (Å²) in [4.78, 5) is 20.7. The lowest BCUT2D eigenvalue weighted by Gasteiger charge is -2.04. The maximum Gasteiger partial charge on any atom is 0.511 e. The van der Waals surface area contributed by atoms with Crippen molar-refractivity contribution in [3.63, 3.8) is 0 Å². The number of fused-ring (bicyclic) bond motifs is 2. The smallest absolute Gasteiger partial charge is 0.449 e. The normalized spacial score (nSPS) is 10.0. The van der Waals surface area contributed by atoms with Crippen LogP contribution in [0, 0.1) is 0 Å². The number of rotatable bonds is 2. The van der Waals surface area contributed by atoms with E-state index in [0.717, 1.165) is 0 Å². The first-order chi connectivity index (χ1) is 13.5. The standard InChI is InChI=1S/C12H8O6.C10H8/c13-11(14)17-9-3-1-7-5-10(18-12(15)16)4-2-8(7)6-9;1-2-6-10-8-4-3-7-9(10)5-1/h1-6H,(H,13,14)(H,15,16);1-8H. The highest BCUT2D eigenvalue weighted by Gasteiger charge is 2.05. The monoisotopic (exact) mass is 376 g/mol.